The number of hydrogen-bond acceptors (Lipinski definition) is 3. The number of hydrogen-bond donors (Lipinski definition) is 2. The lowest BCUT2D eigenvalue weighted by Crippen LogP contribution is -2.31. The highest BCUT2D eigenvalue weighted by atomic mass is 16.1. The van der Waals surface area contributed by atoms with Crippen molar-refractivity contribution in [2.24, 2.45) is 7.05 Å². The van der Waals surface area contributed by atoms with Gasteiger partial charge in [-0.1, -0.05) is 12.1 Å². The maximum absolute atomic E-state index is 11.9. The van der Waals surface area contributed by atoms with Crippen LogP contribution < -0.4 is 10.6 Å². The molecule has 0 atom stereocenters. The summed E-state index contributed by atoms with van der Waals surface area (Å²) in [6, 6.07) is 8.21. The molecule has 2 aliphatic heterocycles. The van der Waals surface area contributed by atoms with Crippen molar-refractivity contribution in [1.29, 1.82) is 0 Å². The van der Waals surface area contributed by atoms with E-state index in [1.54, 1.807) is 0 Å². The van der Waals surface area contributed by atoms with Crippen LogP contribution in [0.1, 0.15) is 28.0 Å². The van der Waals surface area contributed by atoms with Gasteiger partial charge in [-0.05, 0) is 48.7 Å². The first kappa shape index (κ1) is 14.2. The van der Waals surface area contributed by atoms with Gasteiger partial charge in [-0.25, -0.2) is 0 Å². The summed E-state index contributed by atoms with van der Waals surface area (Å²) < 4.78 is 1.93. The van der Waals surface area contributed by atoms with Gasteiger partial charge in [0, 0.05) is 31.3 Å². The molecule has 5 nitrogen and oxygen atoms in total. The Balaban J connectivity index is 1.72. The summed E-state index contributed by atoms with van der Waals surface area (Å²) in [5, 5.41) is 10.9. The Kier molecular flexibility index (Phi) is 3.50. The van der Waals surface area contributed by atoms with Crippen LogP contribution in [-0.2, 0) is 13.5 Å². The van der Waals surface area contributed by atoms with Crippen LogP contribution in [0.25, 0.3) is 16.8 Å². The average molecular weight is 308 g/mol. The topological polar surface area (TPSA) is 59.0 Å². The molecule has 1 aromatic carbocycles. The van der Waals surface area contributed by atoms with E-state index in [1.165, 1.54) is 5.57 Å². The molecule has 1 amide bonds. The fourth-order valence-corrected chi connectivity index (χ4v) is 3.32. The molecule has 5 heteroatoms. The summed E-state index contributed by atoms with van der Waals surface area (Å²) in [6.07, 6.45) is 4.20. The van der Waals surface area contributed by atoms with Crippen molar-refractivity contribution in [2.75, 3.05) is 19.6 Å². The Labute approximate surface area is 135 Å². The molecule has 0 radical (unpaired) electrons. The summed E-state index contributed by atoms with van der Waals surface area (Å²) in [5.41, 5.74) is 6.40. The second kappa shape index (κ2) is 5.66. The lowest BCUT2D eigenvalue weighted by molar-refractivity contribution is 0.0946. The van der Waals surface area contributed by atoms with Gasteiger partial charge >= 0.3 is 0 Å². The smallest absolute Gasteiger partial charge is 0.251 e. The molecule has 4 rings (SSSR count). The van der Waals surface area contributed by atoms with E-state index < -0.39 is 0 Å². The summed E-state index contributed by atoms with van der Waals surface area (Å²) in [7, 11) is 1.97. The minimum Gasteiger partial charge on any atom is -0.352 e. The van der Waals surface area contributed by atoms with Crippen molar-refractivity contribution >= 4 is 11.5 Å². The number of nitrogens with zero attached hydrogens (tertiary/aromatic N) is 2. The average Bonchev–Trinajstić information content (AvgIpc) is 2.97. The Morgan fingerprint density at radius 1 is 1.22 bits per heavy atom. The Bertz CT molecular complexity index is 803. The first-order valence-corrected chi connectivity index (χ1v) is 8.08. The van der Waals surface area contributed by atoms with E-state index in [9.17, 15) is 4.79 Å². The lowest BCUT2D eigenvalue weighted by Gasteiger charge is -2.17. The molecule has 1 aromatic heterocycles. The minimum atomic E-state index is 0.0296. The molecule has 2 aromatic rings. The Morgan fingerprint density at radius 3 is 2.96 bits per heavy atom. The van der Waals surface area contributed by atoms with Crippen LogP contribution in [0, 0.1) is 0 Å². The number of aryl methyl sites for hydroxylation is 1. The number of rotatable bonds is 2. The number of fused-ring (bicyclic) bond motifs is 1. The fraction of sp³-hybridized carbons (Fsp3) is 0.333. The summed E-state index contributed by atoms with van der Waals surface area (Å²) in [5.74, 6) is 0.0296. The lowest BCUT2D eigenvalue weighted by atomic mass is 9.96. The van der Waals surface area contributed by atoms with Crippen LogP contribution in [0.3, 0.4) is 0 Å². The number of benzene rings is 1. The zero-order chi connectivity index (χ0) is 15.8. The number of carbonyl (C=O) groups excluding carboxylic acids is 1. The number of nitrogens with one attached hydrogen (secondary N) is 2. The fourth-order valence-electron chi connectivity index (χ4n) is 3.32. The molecule has 0 spiro atoms. The molecule has 0 saturated heterocycles. The first-order valence-electron chi connectivity index (χ1n) is 8.08. The van der Waals surface area contributed by atoms with Crippen molar-refractivity contribution in [3.05, 3.63) is 47.2 Å². The van der Waals surface area contributed by atoms with Gasteiger partial charge in [-0.3, -0.25) is 9.48 Å². The Hall–Kier alpha value is -2.40. The van der Waals surface area contributed by atoms with Gasteiger partial charge in [0.15, 0.2) is 0 Å². The highest BCUT2D eigenvalue weighted by Crippen LogP contribution is 2.27. The van der Waals surface area contributed by atoms with Gasteiger partial charge in [0.25, 0.3) is 5.91 Å². The van der Waals surface area contributed by atoms with Crippen LogP contribution in [0.15, 0.2) is 30.3 Å². The summed E-state index contributed by atoms with van der Waals surface area (Å²) in [4.78, 5) is 11.9. The highest BCUT2D eigenvalue weighted by molar-refractivity contribution is 5.97. The molecule has 118 valence electrons. The van der Waals surface area contributed by atoms with Gasteiger partial charge in [0.1, 0.15) is 0 Å². The third kappa shape index (κ3) is 2.57. The third-order valence-corrected chi connectivity index (χ3v) is 4.56. The number of carbonyl (C=O) groups is 1. The van der Waals surface area contributed by atoms with Gasteiger partial charge < -0.3 is 10.6 Å². The molecular formula is C18H20N4O. The summed E-state index contributed by atoms with van der Waals surface area (Å²) in [6.45, 7) is 2.63. The largest absolute Gasteiger partial charge is 0.352 e. The van der Waals surface area contributed by atoms with Crippen molar-refractivity contribution in [3.63, 3.8) is 0 Å². The monoisotopic (exact) mass is 308 g/mol. The van der Waals surface area contributed by atoms with Gasteiger partial charge in [-0.15, -0.1) is 0 Å². The van der Waals surface area contributed by atoms with E-state index in [2.05, 4.69) is 33.9 Å². The highest BCUT2D eigenvalue weighted by Gasteiger charge is 2.18. The molecule has 0 aliphatic carbocycles. The molecule has 0 bridgehead atoms. The second-order valence-electron chi connectivity index (χ2n) is 6.11. The maximum Gasteiger partial charge on any atom is 0.251 e. The number of aromatic nitrogens is 2. The van der Waals surface area contributed by atoms with Crippen molar-refractivity contribution in [2.45, 2.75) is 12.8 Å². The van der Waals surface area contributed by atoms with Crippen LogP contribution in [-0.4, -0.2) is 35.3 Å². The zero-order valence-electron chi connectivity index (χ0n) is 13.2. The van der Waals surface area contributed by atoms with E-state index in [0.717, 1.165) is 54.0 Å². The third-order valence-electron chi connectivity index (χ3n) is 4.56. The first-order chi connectivity index (χ1) is 11.2. The van der Waals surface area contributed by atoms with Crippen LogP contribution >= 0.6 is 0 Å². The SMILES string of the molecule is Cn1nc(C2=CCCNC2)cc1-c1ccc2c(c1)CCNC2=O. The quantitative estimate of drug-likeness (QED) is 0.888. The normalized spacial score (nSPS) is 17.4. The number of amides is 1. The predicted molar refractivity (Wildman–Crippen MR) is 90.1 cm³/mol. The van der Waals surface area contributed by atoms with Crippen LogP contribution in [0.5, 0.6) is 0 Å². The molecule has 23 heavy (non-hydrogen) atoms. The van der Waals surface area contributed by atoms with Gasteiger partial charge in [0.05, 0.1) is 11.4 Å². The maximum atomic E-state index is 11.9. The zero-order valence-corrected chi connectivity index (χ0v) is 13.2. The van der Waals surface area contributed by atoms with E-state index in [4.69, 9.17) is 0 Å². The van der Waals surface area contributed by atoms with E-state index in [1.807, 2.05) is 23.9 Å². The van der Waals surface area contributed by atoms with Gasteiger partial charge in [-0.2, -0.15) is 5.10 Å². The molecule has 0 unspecified atom stereocenters. The molecule has 0 saturated carbocycles. The van der Waals surface area contributed by atoms with Crippen LogP contribution in [0.2, 0.25) is 0 Å². The minimum absolute atomic E-state index is 0.0296. The molecular weight excluding hydrogens is 288 g/mol. The van der Waals surface area contributed by atoms with E-state index in [0.29, 0.717) is 6.54 Å². The second-order valence-corrected chi connectivity index (χ2v) is 6.11. The molecule has 2 aliphatic rings. The van der Waals surface area contributed by atoms with Crippen LogP contribution in [0.4, 0.5) is 0 Å². The molecule has 0 fully saturated rings. The standard InChI is InChI=1S/C18H20N4O/c1-22-17(10-16(21-22)14-3-2-7-19-11-14)13-4-5-15-12(9-13)6-8-20-18(15)23/h3-5,9-10,19H,2,6-8,11H2,1H3,(H,20,23). The van der Waals surface area contributed by atoms with E-state index >= 15 is 0 Å². The van der Waals surface area contributed by atoms with Crippen molar-refractivity contribution in [3.8, 4) is 11.3 Å². The summed E-state index contributed by atoms with van der Waals surface area (Å²) >= 11 is 0. The van der Waals surface area contributed by atoms with Crippen molar-refractivity contribution < 1.29 is 4.79 Å². The van der Waals surface area contributed by atoms with E-state index in [-0.39, 0.29) is 5.91 Å². The van der Waals surface area contributed by atoms with Crippen molar-refractivity contribution in [1.82, 2.24) is 20.4 Å². The Morgan fingerprint density at radius 2 is 2.13 bits per heavy atom. The van der Waals surface area contributed by atoms with Gasteiger partial charge in [0.2, 0.25) is 0 Å². The molecule has 3 heterocycles. The molecule has 2 N–H and O–H groups in total. The predicted octanol–water partition coefficient (Wildman–Crippen LogP) is 1.75.